The van der Waals surface area contributed by atoms with Gasteiger partial charge in [0.05, 0.1) is 6.04 Å². The van der Waals surface area contributed by atoms with Gasteiger partial charge in [0.25, 0.3) is 0 Å². The third-order valence-corrected chi connectivity index (χ3v) is 4.94. The van der Waals surface area contributed by atoms with Gasteiger partial charge in [-0.05, 0) is 63.7 Å². The minimum Gasteiger partial charge on any atom is -0.459 e. The fourth-order valence-corrected chi connectivity index (χ4v) is 3.48. The molecule has 0 radical (unpaired) electrons. The minimum absolute atomic E-state index is 0.259. The van der Waals surface area contributed by atoms with Crippen LogP contribution in [0, 0.1) is 0 Å². The first kappa shape index (κ1) is 15.1. The lowest BCUT2D eigenvalue weighted by Crippen LogP contribution is -2.43. The lowest BCUT2D eigenvalue weighted by Gasteiger charge is -2.32. The highest BCUT2D eigenvalue weighted by atomic mass is 79.9. The molecule has 0 spiro atoms. The van der Waals surface area contributed by atoms with E-state index in [1.807, 2.05) is 12.1 Å². The predicted octanol–water partition coefficient (Wildman–Crippen LogP) is 4.33. The number of halogens is 1. The second-order valence-electron chi connectivity index (χ2n) is 5.93. The van der Waals surface area contributed by atoms with Crippen molar-refractivity contribution >= 4 is 26.9 Å². The maximum absolute atomic E-state index is 5.97. The Bertz CT molecular complexity index is 602. The summed E-state index contributed by atoms with van der Waals surface area (Å²) in [6, 6.07) is 9.16. The lowest BCUT2D eigenvalue weighted by atomic mass is 10.0. The van der Waals surface area contributed by atoms with Crippen molar-refractivity contribution < 1.29 is 4.42 Å². The van der Waals surface area contributed by atoms with Crippen LogP contribution in [0.1, 0.15) is 38.5 Å². The molecule has 2 heterocycles. The molecule has 1 aromatic heterocycles. The van der Waals surface area contributed by atoms with Gasteiger partial charge in [0.15, 0.2) is 0 Å². The monoisotopic (exact) mass is 350 g/mol. The summed E-state index contributed by atoms with van der Waals surface area (Å²) in [5.41, 5.74) is 0.961. The molecule has 3 nitrogen and oxygen atoms in total. The van der Waals surface area contributed by atoms with Crippen LogP contribution >= 0.6 is 15.9 Å². The summed E-state index contributed by atoms with van der Waals surface area (Å²) in [5, 5.41) is 4.88. The van der Waals surface area contributed by atoms with Crippen molar-refractivity contribution in [3.63, 3.8) is 0 Å². The number of nitrogens with one attached hydrogen (secondary N) is 1. The van der Waals surface area contributed by atoms with Crippen LogP contribution in [0.15, 0.2) is 33.2 Å². The standard InChI is InChI=1S/C17H23BrN2O/c1-3-20-8-6-15(7-9-20)19-12(2)17-11-13-10-14(18)4-5-16(13)21-17/h4-5,10-12,15,19H,3,6-9H2,1-2H3. The molecule has 1 aliphatic heterocycles. The van der Waals surface area contributed by atoms with Crippen LogP contribution in [0.5, 0.6) is 0 Å². The van der Waals surface area contributed by atoms with Crippen molar-refractivity contribution in [2.45, 2.75) is 38.8 Å². The fraction of sp³-hybridized carbons (Fsp3) is 0.529. The van der Waals surface area contributed by atoms with Crippen LogP contribution in [0.4, 0.5) is 0 Å². The summed E-state index contributed by atoms with van der Waals surface area (Å²) in [7, 11) is 0. The second-order valence-corrected chi connectivity index (χ2v) is 6.84. The smallest absolute Gasteiger partial charge is 0.134 e. The van der Waals surface area contributed by atoms with E-state index in [9.17, 15) is 0 Å². The largest absolute Gasteiger partial charge is 0.459 e. The summed E-state index contributed by atoms with van der Waals surface area (Å²) in [6.45, 7) is 8.00. The molecule has 1 atom stereocenters. The molecule has 1 aliphatic rings. The van der Waals surface area contributed by atoms with Gasteiger partial charge in [-0.2, -0.15) is 0 Å². The van der Waals surface area contributed by atoms with Gasteiger partial charge in [0.1, 0.15) is 11.3 Å². The summed E-state index contributed by atoms with van der Waals surface area (Å²) in [6.07, 6.45) is 2.45. The number of benzene rings is 1. The highest BCUT2D eigenvalue weighted by molar-refractivity contribution is 9.10. The zero-order chi connectivity index (χ0) is 14.8. The SMILES string of the molecule is CCN1CCC(NC(C)c2cc3cc(Br)ccc3o2)CC1. The Kier molecular flexibility index (Phi) is 4.67. The Hall–Kier alpha value is -0.840. The van der Waals surface area contributed by atoms with Crippen molar-refractivity contribution in [3.05, 3.63) is 34.5 Å². The molecule has 2 aromatic rings. The maximum Gasteiger partial charge on any atom is 0.134 e. The predicted molar refractivity (Wildman–Crippen MR) is 90.6 cm³/mol. The average Bonchev–Trinajstić information content (AvgIpc) is 2.91. The van der Waals surface area contributed by atoms with Crippen LogP contribution in [0.2, 0.25) is 0 Å². The second kappa shape index (κ2) is 6.51. The number of furan rings is 1. The highest BCUT2D eigenvalue weighted by Crippen LogP contribution is 2.27. The van der Waals surface area contributed by atoms with Crippen LogP contribution in [0.25, 0.3) is 11.0 Å². The molecule has 0 bridgehead atoms. The number of piperidine rings is 1. The van der Waals surface area contributed by atoms with Crippen molar-refractivity contribution in [3.8, 4) is 0 Å². The third-order valence-electron chi connectivity index (χ3n) is 4.44. The Labute approximate surface area is 134 Å². The van der Waals surface area contributed by atoms with E-state index in [0.29, 0.717) is 6.04 Å². The van der Waals surface area contributed by atoms with Crippen molar-refractivity contribution in [2.75, 3.05) is 19.6 Å². The fourth-order valence-electron chi connectivity index (χ4n) is 3.10. The molecule has 21 heavy (non-hydrogen) atoms. The van der Waals surface area contributed by atoms with Crippen molar-refractivity contribution in [1.29, 1.82) is 0 Å². The maximum atomic E-state index is 5.97. The number of hydrogen-bond donors (Lipinski definition) is 1. The van der Waals surface area contributed by atoms with E-state index in [-0.39, 0.29) is 6.04 Å². The zero-order valence-electron chi connectivity index (χ0n) is 12.7. The van der Waals surface area contributed by atoms with E-state index in [1.165, 1.54) is 32.5 Å². The molecule has 0 amide bonds. The van der Waals surface area contributed by atoms with Crippen molar-refractivity contribution in [2.24, 2.45) is 0 Å². The molecule has 4 heteroatoms. The number of fused-ring (bicyclic) bond motifs is 1. The number of nitrogens with zero attached hydrogens (tertiary/aromatic N) is 1. The third kappa shape index (κ3) is 3.50. The van der Waals surface area contributed by atoms with Crippen LogP contribution in [0.3, 0.4) is 0 Å². The quantitative estimate of drug-likeness (QED) is 0.889. The first-order valence-electron chi connectivity index (χ1n) is 7.83. The Balaban J connectivity index is 1.65. The van der Waals surface area contributed by atoms with E-state index in [0.717, 1.165) is 21.2 Å². The van der Waals surface area contributed by atoms with Gasteiger partial charge >= 0.3 is 0 Å². The number of likely N-dealkylation sites (tertiary alicyclic amines) is 1. The molecule has 0 saturated carbocycles. The van der Waals surface area contributed by atoms with E-state index in [1.54, 1.807) is 0 Å². The van der Waals surface area contributed by atoms with Gasteiger partial charge in [0, 0.05) is 15.9 Å². The molecule has 1 unspecified atom stereocenters. The van der Waals surface area contributed by atoms with E-state index >= 15 is 0 Å². The Morgan fingerprint density at radius 1 is 1.33 bits per heavy atom. The van der Waals surface area contributed by atoms with E-state index < -0.39 is 0 Å². The van der Waals surface area contributed by atoms with Crippen LogP contribution < -0.4 is 5.32 Å². The molecule has 114 valence electrons. The lowest BCUT2D eigenvalue weighted by molar-refractivity contribution is 0.197. The Morgan fingerprint density at radius 2 is 2.10 bits per heavy atom. The Morgan fingerprint density at radius 3 is 2.81 bits per heavy atom. The average molecular weight is 351 g/mol. The van der Waals surface area contributed by atoms with Gasteiger partial charge in [-0.15, -0.1) is 0 Å². The van der Waals surface area contributed by atoms with Gasteiger partial charge < -0.3 is 14.6 Å². The zero-order valence-corrected chi connectivity index (χ0v) is 14.3. The molecule has 0 aliphatic carbocycles. The van der Waals surface area contributed by atoms with Gasteiger partial charge in [-0.3, -0.25) is 0 Å². The number of hydrogen-bond acceptors (Lipinski definition) is 3. The highest BCUT2D eigenvalue weighted by Gasteiger charge is 2.21. The topological polar surface area (TPSA) is 28.4 Å². The van der Waals surface area contributed by atoms with E-state index in [2.05, 4.69) is 52.1 Å². The van der Waals surface area contributed by atoms with Crippen molar-refractivity contribution in [1.82, 2.24) is 10.2 Å². The first-order chi connectivity index (χ1) is 10.2. The molecule has 1 saturated heterocycles. The first-order valence-corrected chi connectivity index (χ1v) is 8.62. The van der Waals surface area contributed by atoms with Gasteiger partial charge in [0.2, 0.25) is 0 Å². The summed E-state index contributed by atoms with van der Waals surface area (Å²) < 4.78 is 7.07. The normalized spacial score (nSPS) is 19.2. The summed E-state index contributed by atoms with van der Waals surface area (Å²) in [5.74, 6) is 1.03. The molecule has 1 N–H and O–H groups in total. The van der Waals surface area contributed by atoms with Gasteiger partial charge in [-0.1, -0.05) is 22.9 Å². The van der Waals surface area contributed by atoms with Crippen LogP contribution in [-0.4, -0.2) is 30.6 Å². The molecular weight excluding hydrogens is 328 g/mol. The minimum atomic E-state index is 0.259. The number of rotatable bonds is 4. The molecular formula is C17H23BrN2O. The molecule has 1 aromatic carbocycles. The molecule has 3 rings (SSSR count). The summed E-state index contributed by atoms with van der Waals surface area (Å²) >= 11 is 3.51. The van der Waals surface area contributed by atoms with E-state index in [4.69, 9.17) is 4.42 Å². The summed E-state index contributed by atoms with van der Waals surface area (Å²) in [4.78, 5) is 2.52. The van der Waals surface area contributed by atoms with Crippen LogP contribution in [-0.2, 0) is 0 Å². The molecule has 1 fully saturated rings. The van der Waals surface area contributed by atoms with Gasteiger partial charge in [-0.25, -0.2) is 0 Å².